The zero-order valence-corrected chi connectivity index (χ0v) is 32.0. The van der Waals surface area contributed by atoms with E-state index in [1.807, 2.05) is 41.8 Å². The van der Waals surface area contributed by atoms with Crippen molar-refractivity contribution < 1.29 is 0 Å². The van der Waals surface area contributed by atoms with Crippen molar-refractivity contribution in [3.8, 4) is 56.4 Å². The van der Waals surface area contributed by atoms with Crippen LogP contribution in [0.15, 0.2) is 182 Å². The maximum absolute atomic E-state index is 5.24. The standard InChI is InChI=1S/C53H32N4S/c1-2-12-36(13-3-1)50-55-51(37-25-20-33(21-26-37)39-14-10-30-54-32-39)57-52(56-50)38-27-24-35-23-22-34-11-4-7-17-43(34)53(46(35)31-38)44-18-8-5-16-42(44)48-45(53)29-28-41-40-15-6-9-19-47(40)58-49(41)48/h1-32H. The molecule has 3 heterocycles. The van der Waals surface area contributed by atoms with Gasteiger partial charge in [-0.3, -0.25) is 4.98 Å². The fourth-order valence-electron chi connectivity index (χ4n) is 9.29. The number of rotatable bonds is 4. The molecule has 0 radical (unpaired) electrons. The highest BCUT2D eigenvalue weighted by Gasteiger charge is 2.49. The van der Waals surface area contributed by atoms with Crippen molar-refractivity contribution in [1.29, 1.82) is 0 Å². The summed E-state index contributed by atoms with van der Waals surface area (Å²) in [5.41, 5.74) is 14.4. The lowest BCUT2D eigenvalue weighted by Gasteiger charge is -2.35. The van der Waals surface area contributed by atoms with Crippen LogP contribution in [0.1, 0.15) is 33.4 Å². The van der Waals surface area contributed by atoms with E-state index in [4.69, 9.17) is 15.0 Å². The second-order valence-electron chi connectivity index (χ2n) is 15.0. The van der Waals surface area contributed by atoms with Crippen molar-refractivity contribution >= 4 is 43.7 Å². The lowest BCUT2D eigenvalue weighted by atomic mass is 9.65. The largest absolute Gasteiger partial charge is 0.264 e. The smallest absolute Gasteiger partial charge is 0.164 e. The summed E-state index contributed by atoms with van der Waals surface area (Å²) in [5, 5.41) is 2.61. The molecule has 5 heteroatoms. The number of hydrogen-bond donors (Lipinski definition) is 0. The molecule has 58 heavy (non-hydrogen) atoms. The van der Waals surface area contributed by atoms with Crippen LogP contribution < -0.4 is 0 Å². The van der Waals surface area contributed by atoms with Gasteiger partial charge in [-0.2, -0.15) is 0 Å². The molecule has 7 aromatic carbocycles. The third kappa shape index (κ3) is 4.87. The number of benzene rings is 7. The van der Waals surface area contributed by atoms with Crippen molar-refractivity contribution in [3.05, 3.63) is 216 Å². The van der Waals surface area contributed by atoms with Crippen molar-refractivity contribution in [1.82, 2.24) is 19.9 Å². The van der Waals surface area contributed by atoms with Crippen LogP contribution in [0.3, 0.4) is 0 Å². The van der Waals surface area contributed by atoms with Crippen LogP contribution >= 0.6 is 11.3 Å². The number of hydrogen-bond acceptors (Lipinski definition) is 5. The van der Waals surface area contributed by atoms with Gasteiger partial charge in [0.1, 0.15) is 0 Å². The molecule has 0 aliphatic heterocycles. The summed E-state index contributed by atoms with van der Waals surface area (Å²) in [5.74, 6) is 1.89. The van der Waals surface area contributed by atoms with Gasteiger partial charge < -0.3 is 0 Å². The van der Waals surface area contributed by atoms with Crippen molar-refractivity contribution in [2.75, 3.05) is 0 Å². The zero-order chi connectivity index (χ0) is 38.2. The second kappa shape index (κ2) is 12.8. The average Bonchev–Trinajstić information content (AvgIpc) is 3.78. The average molecular weight is 757 g/mol. The molecule has 10 aromatic rings. The Hall–Kier alpha value is -7.34. The summed E-state index contributed by atoms with van der Waals surface area (Å²) in [4.78, 5) is 19.8. The van der Waals surface area contributed by atoms with Crippen LogP contribution in [0, 0.1) is 0 Å². The second-order valence-corrected chi connectivity index (χ2v) is 16.0. The molecule has 270 valence electrons. The Morgan fingerprint density at radius 2 is 1.05 bits per heavy atom. The number of thiophene rings is 1. The molecule has 0 N–H and O–H groups in total. The van der Waals surface area contributed by atoms with E-state index in [-0.39, 0.29) is 0 Å². The number of fused-ring (bicyclic) bond motifs is 13. The highest BCUT2D eigenvalue weighted by Crippen LogP contribution is 2.61. The van der Waals surface area contributed by atoms with Gasteiger partial charge in [-0.05, 0) is 68.3 Å². The van der Waals surface area contributed by atoms with E-state index in [9.17, 15) is 0 Å². The summed E-state index contributed by atoms with van der Waals surface area (Å²) in [6, 6.07) is 60.9. The van der Waals surface area contributed by atoms with Gasteiger partial charge >= 0.3 is 0 Å². The van der Waals surface area contributed by atoms with Gasteiger partial charge in [0.05, 0.1) is 5.41 Å². The maximum atomic E-state index is 5.24. The molecule has 4 nitrogen and oxygen atoms in total. The Balaban J connectivity index is 1.11. The summed E-state index contributed by atoms with van der Waals surface area (Å²) < 4.78 is 2.64. The van der Waals surface area contributed by atoms with E-state index >= 15 is 0 Å². The fourth-order valence-corrected chi connectivity index (χ4v) is 10.6. The van der Waals surface area contributed by atoms with Gasteiger partial charge in [-0.1, -0.05) is 164 Å². The van der Waals surface area contributed by atoms with Crippen molar-refractivity contribution in [2.24, 2.45) is 0 Å². The maximum Gasteiger partial charge on any atom is 0.164 e. The third-order valence-electron chi connectivity index (χ3n) is 11.9. The lowest BCUT2D eigenvalue weighted by molar-refractivity contribution is 0.767. The van der Waals surface area contributed by atoms with Gasteiger partial charge in [-0.25, -0.2) is 15.0 Å². The molecule has 2 aliphatic rings. The van der Waals surface area contributed by atoms with Crippen LogP contribution in [0.2, 0.25) is 0 Å². The van der Waals surface area contributed by atoms with E-state index in [0.29, 0.717) is 17.5 Å². The minimum absolute atomic E-state index is 0.595. The first kappa shape index (κ1) is 32.9. The minimum Gasteiger partial charge on any atom is -0.264 e. The first-order chi connectivity index (χ1) is 28.7. The Labute approximate surface area is 339 Å². The van der Waals surface area contributed by atoms with Crippen molar-refractivity contribution in [2.45, 2.75) is 5.41 Å². The van der Waals surface area contributed by atoms with Crippen LogP contribution in [-0.2, 0) is 5.41 Å². The van der Waals surface area contributed by atoms with Gasteiger partial charge in [0.2, 0.25) is 0 Å². The molecule has 3 aromatic heterocycles. The van der Waals surface area contributed by atoms with Crippen LogP contribution in [-0.4, -0.2) is 19.9 Å². The Kier molecular flexibility index (Phi) is 7.28. The molecular formula is C53H32N4S. The minimum atomic E-state index is -0.595. The summed E-state index contributed by atoms with van der Waals surface area (Å²) in [7, 11) is 0. The molecule has 1 spiro atoms. The summed E-state index contributed by atoms with van der Waals surface area (Å²) in [6.45, 7) is 0. The molecule has 0 saturated heterocycles. The first-order valence-corrected chi connectivity index (χ1v) is 20.4. The van der Waals surface area contributed by atoms with E-state index in [2.05, 4.69) is 163 Å². The third-order valence-corrected chi connectivity index (χ3v) is 13.1. The summed E-state index contributed by atoms with van der Waals surface area (Å²) in [6.07, 6.45) is 8.24. The topological polar surface area (TPSA) is 51.6 Å². The predicted molar refractivity (Wildman–Crippen MR) is 238 cm³/mol. The number of aromatic nitrogens is 4. The molecule has 0 amide bonds. The fraction of sp³-hybridized carbons (Fsp3) is 0.0189. The van der Waals surface area contributed by atoms with Gasteiger partial charge in [0.25, 0.3) is 0 Å². The molecule has 1 unspecified atom stereocenters. The Morgan fingerprint density at radius 3 is 1.86 bits per heavy atom. The van der Waals surface area contributed by atoms with Crippen LogP contribution in [0.25, 0.3) is 88.7 Å². The highest BCUT2D eigenvalue weighted by atomic mass is 32.1. The predicted octanol–water partition coefficient (Wildman–Crippen LogP) is 13.1. The van der Waals surface area contributed by atoms with E-state index in [0.717, 1.165) is 27.8 Å². The van der Waals surface area contributed by atoms with E-state index in [1.54, 1.807) is 6.20 Å². The molecule has 0 fully saturated rings. The monoisotopic (exact) mass is 756 g/mol. The van der Waals surface area contributed by atoms with Crippen molar-refractivity contribution in [3.63, 3.8) is 0 Å². The normalized spacial score (nSPS) is 14.9. The highest BCUT2D eigenvalue weighted by molar-refractivity contribution is 7.26. The Morgan fingerprint density at radius 1 is 0.414 bits per heavy atom. The zero-order valence-electron chi connectivity index (χ0n) is 31.2. The Bertz CT molecular complexity index is 3280. The molecular weight excluding hydrogens is 725 g/mol. The number of nitrogens with zero attached hydrogens (tertiary/aromatic N) is 4. The molecule has 0 bridgehead atoms. The molecule has 2 aliphatic carbocycles. The van der Waals surface area contributed by atoms with Crippen LogP contribution in [0.4, 0.5) is 0 Å². The van der Waals surface area contributed by atoms with Gasteiger partial charge in [0.15, 0.2) is 17.5 Å². The molecule has 12 rings (SSSR count). The first-order valence-electron chi connectivity index (χ1n) is 19.5. The lowest BCUT2D eigenvalue weighted by Crippen LogP contribution is -2.30. The van der Waals surface area contributed by atoms with Gasteiger partial charge in [-0.15, -0.1) is 11.3 Å². The SMILES string of the molecule is C1=Cc2ccc(-c3nc(-c4ccccc4)nc(-c4ccc(-c5cccnc5)cc4)n3)cc2C2(c3ccccc31)c1ccccc1-c1c2ccc2c1sc1ccccc12. The van der Waals surface area contributed by atoms with E-state index in [1.165, 1.54) is 64.7 Å². The molecule has 1 atom stereocenters. The van der Waals surface area contributed by atoms with E-state index < -0.39 is 5.41 Å². The van der Waals surface area contributed by atoms with Gasteiger partial charge in [0, 0.05) is 54.8 Å². The van der Waals surface area contributed by atoms with Crippen LogP contribution in [0.5, 0.6) is 0 Å². The molecule has 0 saturated carbocycles. The summed E-state index contributed by atoms with van der Waals surface area (Å²) >= 11 is 1.90. The quantitative estimate of drug-likeness (QED) is 0.179. The number of pyridine rings is 1.